The molecule has 1 fully saturated rings. The largest absolute Gasteiger partial charge is 0.497 e. The Morgan fingerprint density at radius 3 is 2.67 bits per heavy atom. The van der Waals surface area contributed by atoms with Crippen LogP contribution in [-0.4, -0.2) is 32.8 Å². The first-order valence-corrected chi connectivity index (χ1v) is 10.7. The number of para-hydroxylation sites is 1. The summed E-state index contributed by atoms with van der Waals surface area (Å²) in [5.74, 6) is 1.51. The second-order valence-corrected chi connectivity index (χ2v) is 7.86. The van der Waals surface area contributed by atoms with Crippen molar-refractivity contribution in [2.75, 3.05) is 7.11 Å². The molecule has 168 valence electrons. The quantitative estimate of drug-likeness (QED) is 0.379. The summed E-state index contributed by atoms with van der Waals surface area (Å²) in [6.07, 6.45) is 2.32. The van der Waals surface area contributed by atoms with Gasteiger partial charge < -0.3 is 14.0 Å². The van der Waals surface area contributed by atoms with Gasteiger partial charge in [-0.1, -0.05) is 17.3 Å². The minimum absolute atomic E-state index is 0.0516. The number of benzene rings is 2. The van der Waals surface area contributed by atoms with Crippen molar-refractivity contribution >= 4 is 16.9 Å². The van der Waals surface area contributed by atoms with E-state index >= 15 is 0 Å². The molecular weight excluding hydrogens is 424 g/mol. The van der Waals surface area contributed by atoms with Gasteiger partial charge in [0.15, 0.2) is 6.61 Å². The predicted octanol–water partition coefficient (Wildman–Crippen LogP) is 3.47. The van der Waals surface area contributed by atoms with E-state index in [9.17, 15) is 9.59 Å². The number of carbonyl (C=O) groups excluding carboxylic acids is 1. The lowest BCUT2D eigenvalue weighted by Gasteiger charge is -2.12. The molecule has 2 aromatic heterocycles. The number of hydrogen-bond donors (Lipinski definition) is 0. The van der Waals surface area contributed by atoms with Gasteiger partial charge in [-0.2, -0.15) is 4.98 Å². The second-order valence-electron chi connectivity index (χ2n) is 7.86. The van der Waals surface area contributed by atoms with Gasteiger partial charge in [-0.3, -0.25) is 14.2 Å². The lowest BCUT2D eigenvalue weighted by atomic mass is 10.2. The van der Waals surface area contributed by atoms with E-state index in [1.54, 1.807) is 42.0 Å². The summed E-state index contributed by atoms with van der Waals surface area (Å²) < 4.78 is 17.4. The van der Waals surface area contributed by atoms with Crippen LogP contribution in [0.5, 0.6) is 5.75 Å². The van der Waals surface area contributed by atoms with Crippen LogP contribution in [0.25, 0.3) is 22.4 Å². The Bertz CT molecular complexity index is 1360. The molecule has 1 saturated carbocycles. The van der Waals surface area contributed by atoms with Gasteiger partial charge in [0.05, 0.1) is 24.4 Å². The molecule has 4 aromatic rings. The Labute approximate surface area is 189 Å². The lowest BCUT2D eigenvalue weighted by molar-refractivity contribution is -0.145. The molecule has 33 heavy (non-hydrogen) atoms. The summed E-state index contributed by atoms with van der Waals surface area (Å²) in [5, 5.41) is 4.46. The maximum atomic E-state index is 12.9. The zero-order valence-corrected chi connectivity index (χ0v) is 18.1. The topological polar surface area (TPSA) is 109 Å². The summed E-state index contributed by atoms with van der Waals surface area (Å²) in [4.78, 5) is 34.2. The van der Waals surface area contributed by atoms with E-state index in [2.05, 4.69) is 15.1 Å². The van der Waals surface area contributed by atoms with Gasteiger partial charge in [0.2, 0.25) is 5.82 Å². The first kappa shape index (κ1) is 20.9. The third-order valence-electron chi connectivity index (χ3n) is 5.51. The average Bonchev–Trinajstić information content (AvgIpc) is 3.57. The number of methoxy groups -OCH3 is 1. The maximum Gasteiger partial charge on any atom is 0.306 e. The standard InChI is InChI=1S/C24H22N4O5/c1-31-17-10-6-15(7-11-17)23-26-20(27-33-23)14-32-22(29)13-12-21-25-19-5-3-2-4-18(19)24(30)28(21)16-8-9-16/h2-7,10-11,16H,8-9,12-14H2,1H3. The van der Waals surface area contributed by atoms with Crippen LogP contribution in [0, 0.1) is 0 Å². The summed E-state index contributed by atoms with van der Waals surface area (Å²) >= 11 is 0. The molecule has 0 bridgehead atoms. The van der Waals surface area contributed by atoms with Crippen LogP contribution in [0.15, 0.2) is 57.8 Å². The Hall–Kier alpha value is -4.01. The highest BCUT2D eigenvalue weighted by molar-refractivity contribution is 5.77. The molecule has 0 unspecified atom stereocenters. The molecule has 0 atom stereocenters. The lowest BCUT2D eigenvalue weighted by Crippen LogP contribution is -2.25. The van der Waals surface area contributed by atoms with E-state index in [0.29, 0.717) is 29.0 Å². The van der Waals surface area contributed by atoms with Crippen molar-refractivity contribution in [2.45, 2.75) is 38.3 Å². The summed E-state index contributed by atoms with van der Waals surface area (Å²) in [7, 11) is 1.59. The third kappa shape index (κ3) is 4.48. The van der Waals surface area contributed by atoms with Crippen LogP contribution in [-0.2, 0) is 22.6 Å². The molecule has 5 rings (SSSR count). The van der Waals surface area contributed by atoms with Crippen LogP contribution in [0.3, 0.4) is 0 Å². The van der Waals surface area contributed by atoms with E-state index in [-0.39, 0.29) is 30.5 Å². The number of nitrogens with zero attached hydrogens (tertiary/aromatic N) is 4. The molecular formula is C24H22N4O5. The molecule has 0 N–H and O–H groups in total. The van der Waals surface area contributed by atoms with Crippen molar-refractivity contribution < 1.29 is 18.8 Å². The highest BCUT2D eigenvalue weighted by Gasteiger charge is 2.28. The first-order chi connectivity index (χ1) is 16.1. The van der Waals surface area contributed by atoms with E-state index in [4.69, 9.17) is 14.0 Å². The van der Waals surface area contributed by atoms with Gasteiger partial charge in [-0.05, 0) is 49.2 Å². The van der Waals surface area contributed by atoms with Crippen molar-refractivity contribution in [2.24, 2.45) is 0 Å². The number of fused-ring (bicyclic) bond motifs is 1. The van der Waals surface area contributed by atoms with Crippen LogP contribution < -0.4 is 10.3 Å². The Balaban J connectivity index is 1.22. The highest BCUT2D eigenvalue weighted by atomic mass is 16.5. The highest BCUT2D eigenvalue weighted by Crippen LogP contribution is 2.35. The van der Waals surface area contributed by atoms with Gasteiger partial charge in [0.25, 0.3) is 11.4 Å². The summed E-state index contributed by atoms with van der Waals surface area (Å²) in [6, 6.07) is 14.6. The van der Waals surface area contributed by atoms with E-state index in [1.807, 2.05) is 18.2 Å². The number of aryl methyl sites for hydroxylation is 1. The SMILES string of the molecule is COc1ccc(-c2nc(COC(=O)CCc3nc4ccccc4c(=O)n3C3CC3)no2)cc1. The first-order valence-electron chi connectivity index (χ1n) is 10.7. The number of ether oxygens (including phenoxy) is 2. The molecule has 0 spiro atoms. The molecule has 2 heterocycles. The average molecular weight is 446 g/mol. The van der Waals surface area contributed by atoms with Crippen LogP contribution >= 0.6 is 0 Å². The normalized spacial score (nSPS) is 13.2. The minimum Gasteiger partial charge on any atom is -0.497 e. The number of aromatic nitrogens is 4. The second kappa shape index (κ2) is 8.85. The monoisotopic (exact) mass is 446 g/mol. The predicted molar refractivity (Wildman–Crippen MR) is 119 cm³/mol. The van der Waals surface area contributed by atoms with Gasteiger partial charge >= 0.3 is 5.97 Å². The maximum absolute atomic E-state index is 12.9. The molecule has 1 aliphatic rings. The minimum atomic E-state index is -0.421. The number of carbonyl (C=O) groups is 1. The van der Waals surface area contributed by atoms with Crippen LogP contribution in [0.1, 0.15) is 37.0 Å². The van der Waals surface area contributed by atoms with E-state index in [0.717, 1.165) is 24.2 Å². The fourth-order valence-corrected chi connectivity index (χ4v) is 3.67. The van der Waals surface area contributed by atoms with Crippen molar-refractivity contribution in [1.29, 1.82) is 0 Å². The number of esters is 1. The molecule has 9 nitrogen and oxygen atoms in total. The van der Waals surface area contributed by atoms with Crippen LogP contribution in [0.4, 0.5) is 0 Å². The molecule has 0 saturated heterocycles. The Morgan fingerprint density at radius 2 is 1.91 bits per heavy atom. The Kier molecular flexibility index (Phi) is 5.60. The fraction of sp³-hybridized carbons (Fsp3) is 0.292. The van der Waals surface area contributed by atoms with Gasteiger partial charge in [0.1, 0.15) is 11.6 Å². The zero-order chi connectivity index (χ0) is 22.8. The number of rotatable bonds is 8. The van der Waals surface area contributed by atoms with Gasteiger partial charge in [-0.25, -0.2) is 4.98 Å². The van der Waals surface area contributed by atoms with E-state index in [1.165, 1.54) is 0 Å². The molecule has 0 amide bonds. The van der Waals surface area contributed by atoms with Crippen molar-refractivity contribution in [3.8, 4) is 17.2 Å². The van der Waals surface area contributed by atoms with Gasteiger partial charge in [-0.15, -0.1) is 0 Å². The zero-order valence-electron chi connectivity index (χ0n) is 18.1. The molecule has 2 aromatic carbocycles. The third-order valence-corrected chi connectivity index (χ3v) is 5.51. The molecule has 0 radical (unpaired) electrons. The summed E-state index contributed by atoms with van der Waals surface area (Å²) in [6.45, 7) is -0.0981. The van der Waals surface area contributed by atoms with Gasteiger partial charge in [0, 0.05) is 18.0 Å². The Morgan fingerprint density at radius 1 is 1.12 bits per heavy atom. The van der Waals surface area contributed by atoms with E-state index < -0.39 is 5.97 Å². The van der Waals surface area contributed by atoms with Crippen molar-refractivity contribution in [3.05, 3.63) is 70.5 Å². The summed E-state index contributed by atoms with van der Waals surface area (Å²) in [5.41, 5.74) is 1.33. The molecule has 0 aliphatic heterocycles. The molecule has 1 aliphatic carbocycles. The van der Waals surface area contributed by atoms with Crippen molar-refractivity contribution in [1.82, 2.24) is 19.7 Å². The number of hydrogen-bond acceptors (Lipinski definition) is 8. The smallest absolute Gasteiger partial charge is 0.306 e. The molecule has 9 heteroatoms. The van der Waals surface area contributed by atoms with Crippen LogP contribution in [0.2, 0.25) is 0 Å². The fourth-order valence-electron chi connectivity index (χ4n) is 3.67. The van der Waals surface area contributed by atoms with Crippen molar-refractivity contribution in [3.63, 3.8) is 0 Å².